The van der Waals surface area contributed by atoms with E-state index >= 15 is 0 Å². The second kappa shape index (κ2) is 4.43. The van der Waals surface area contributed by atoms with Crippen molar-refractivity contribution in [2.45, 2.75) is 25.9 Å². The van der Waals surface area contributed by atoms with E-state index < -0.39 is 0 Å². The van der Waals surface area contributed by atoms with Crippen molar-refractivity contribution in [1.29, 1.82) is 0 Å². The van der Waals surface area contributed by atoms with Crippen LogP contribution >= 0.6 is 11.3 Å². The van der Waals surface area contributed by atoms with E-state index in [0.29, 0.717) is 18.0 Å². The third-order valence-electron chi connectivity index (χ3n) is 2.80. The molecule has 1 N–H and O–H groups in total. The van der Waals surface area contributed by atoms with Crippen molar-refractivity contribution >= 4 is 11.3 Å². The third-order valence-corrected chi connectivity index (χ3v) is 3.85. The van der Waals surface area contributed by atoms with Crippen molar-refractivity contribution in [1.82, 2.24) is 5.32 Å². The van der Waals surface area contributed by atoms with E-state index in [1.54, 1.807) is 0 Å². The zero-order chi connectivity index (χ0) is 9.97. The van der Waals surface area contributed by atoms with E-state index in [-0.39, 0.29) is 0 Å². The minimum Gasteiger partial charge on any atom is -0.379 e. The number of ether oxygens (including phenoxy) is 1. The van der Waals surface area contributed by atoms with E-state index in [2.05, 4.69) is 36.7 Å². The molecule has 3 atom stereocenters. The van der Waals surface area contributed by atoms with Gasteiger partial charge in [0.2, 0.25) is 0 Å². The average Bonchev–Trinajstić information content (AvgIpc) is 2.77. The van der Waals surface area contributed by atoms with E-state index in [1.807, 2.05) is 11.3 Å². The van der Waals surface area contributed by atoms with E-state index in [9.17, 15) is 0 Å². The Bertz CT molecular complexity index is 273. The highest BCUT2D eigenvalue weighted by atomic mass is 32.1. The quantitative estimate of drug-likeness (QED) is 0.829. The lowest BCUT2D eigenvalue weighted by Gasteiger charge is -2.20. The van der Waals surface area contributed by atoms with Crippen molar-refractivity contribution in [3.8, 4) is 0 Å². The van der Waals surface area contributed by atoms with Crippen LogP contribution in [0.1, 0.15) is 24.8 Å². The molecule has 1 aromatic rings. The Labute approximate surface area is 89.3 Å². The second-order valence-corrected chi connectivity index (χ2v) is 5.00. The predicted octanol–water partition coefficient (Wildman–Crippen LogP) is 2.43. The average molecular weight is 211 g/mol. The molecule has 0 radical (unpaired) electrons. The Morgan fingerprint density at radius 2 is 2.43 bits per heavy atom. The highest BCUT2D eigenvalue weighted by Gasteiger charge is 2.25. The smallest absolute Gasteiger partial charge is 0.0623 e. The van der Waals surface area contributed by atoms with Crippen LogP contribution in [0, 0.1) is 5.92 Å². The summed E-state index contributed by atoms with van der Waals surface area (Å²) < 4.78 is 5.43. The molecule has 2 rings (SSSR count). The molecule has 2 heterocycles. The van der Waals surface area contributed by atoms with Crippen molar-refractivity contribution in [2.75, 3.05) is 13.2 Å². The van der Waals surface area contributed by atoms with Gasteiger partial charge in [-0.1, -0.05) is 13.0 Å². The minimum absolute atomic E-state index is 0.448. The summed E-state index contributed by atoms with van der Waals surface area (Å²) in [5.74, 6) is 0.636. The van der Waals surface area contributed by atoms with Crippen LogP contribution in [0.15, 0.2) is 17.5 Å². The molecular weight excluding hydrogens is 194 g/mol. The van der Waals surface area contributed by atoms with E-state index in [4.69, 9.17) is 4.74 Å². The molecule has 0 spiro atoms. The molecule has 3 heteroatoms. The molecule has 0 aliphatic carbocycles. The molecule has 0 saturated carbocycles. The highest BCUT2D eigenvalue weighted by Crippen LogP contribution is 2.21. The molecule has 1 aliphatic rings. The zero-order valence-electron chi connectivity index (χ0n) is 8.69. The molecule has 1 saturated heterocycles. The third kappa shape index (κ3) is 2.16. The lowest BCUT2D eigenvalue weighted by Crippen LogP contribution is -2.35. The van der Waals surface area contributed by atoms with Crippen LogP contribution in [-0.2, 0) is 4.74 Å². The van der Waals surface area contributed by atoms with E-state index in [0.717, 1.165) is 13.2 Å². The number of hydrogen-bond donors (Lipinski definition) is 1. The lowest BCUT2D eigenvalue weighted by atomic mass is 10.1. The first kappa shape index (κ1) is 10.1. The van der Waals surface area contributed by atoms with Gasteiger partial charge in [-0.05, 0) is 24.3 Å². The Morgan fingerprint density at radius 3 is 3.00 bits per heavy atom. The maximum Gasteiger partial charge on any atom is 0.0623 e. The van der Waals surface area contributed by atoms with E-state index in [1.165, 1.54) is 4.88 Å². The number of rotatable bonds is 3. The van der Waals surface area contributed by atoms with Gasteiger partial charge < -0.3 is 10.1 Å². The molecule has 0 aromatic carbocycles. The van der Waals surface area contributed by atoms with Crippen LogP contribution in [0.4, 0.5) is 0 Å². The van der Waals surface area contributed by atoms with Crippen LogP contribution in [0.5, 0.6) is 0 Å². The van der Waals surface area contributed by atoms with Crippen LogP contribution in [-0.4, -0.2) is 19.3 Å². The summed E-state index contributed by atoms with van der Waals surface area (Å²) in [6.07, 6.45) is 0. The molecule has 14 heavy (non-hydrogen) atoms. The zero-order valence-corrected chi connectivity index (χ0v) is 9.51. The maximum atomic E-state index is 5.43. The standard InChI is InChI=1S/C11H17NOS/c1-8-6-13-7-10(8)12-9(2)11-4-3-5-14-11/h3-5,8-10,12H,6-7H2,1-2H3/t8?,9-,10?/m0/s1. The summed E-state index contributed by atoms with van der Waals surface area (Å²) in [5.41, 5.74) is 0. The molecular formula is C11H17NOS. The summed E-state index contributed by atoms with van der Waals surface area (Å²) in [5, 5.41) is 5.74. The normalized spacial score (nSPS) is 29.3. The highest BCUT2D eigenvalue weighted by molar-refractivity contribution is 7.10. The fourth-order valence-corrected chi connectivity index (χ4v) is 2.56. The Kier molecular flexibility index (Phi) is 3.21. The van der Waals surface area contributed by atoms with Crippen molar-refractivity contribution in [3.63, 3.8) is 0 Å². The van der Waals surface area contributed by atoms with Crippen LogP contribution < -0.4 is 5.32 Å². The molecule has 0 bridgehead atoms. The van der Waals surface area contributed by atoms with Gasteiger partial charge in [0.05, 0.1) is 13.2 Å². The molecule has 1 aliphatic heterocycles. The molecule has 78 valence electrons. The summed E-state index contributed by atoms with van der Waals surface area (Å²) >= 11 is 1.81. The van der Waals surface area contributed by atoms with Gasteiger partial charge in [-0.15, -0.1) is 11.3 Å². The van der Waals surface area contributed by atoms with Crippen molar-refractivity contribution in [3.05, 3.63) is 22.4 Å². The van der Waals surface area contributed by atoms with Crippen molar-refractivity contribution < 1.29 is 4.74 Å². The second-order valence-electron chi connectivity index (χ2n) is 4.03. The number of thiophene rings is 1. The van der Waals surface area contributed by atoms with Gasteiger partial charge >= 0.3 is 0 Å². The Morgan fingerprint density at radius 1 is 1.57 bits per heavy atom. The topological polar surface area (TPSA) is 21.3 Å². The number of hydrogen-bond acceptors (Lipinski definition) is 3. The molecule has 2 unspecified atom stereocenters. The van der Waals surface area contributed by atoms with Crippen LogP contribution in [0.3, 0.4) is 0 Å². The first-order valence-electron chi connectivity index (χ1n) is 5.14. The minimum atomic E-state index is 0.448. The largest absolute Gasteiger partial charge is 0.379 e. The lowest BCUT2D eigenvalue weighted by molar-refractivity contribution is 0.183. The maximum absolute atomic E-state index is 5.43. The van der Waals surface area contributed by atoms with Crippen molar-refractivity contribution in [2.24, 2.45) is 5.92 Å². The van der Waals surface area contributed by atoms with Gasteiger partial charge in [-0.3, -0.25) is 0 Å². The summed E-state index contributed by atoms with van der Waals surface area (Å²) in [7, 11) is 0. The van der Waals surface area contributed by atoms with Gasteiger partial charge in [-0.2, -0.15) is 0 Å². The molecule has 1 aromatic heterocycles. The van der Waals surface area contributed by atoms with Gasteiger partial charge in [0.25, 0.3) is 0 Å². The van der Waals surface area contributed by atoms with Gasteiger partial charge in [0.15, 0.2) is 0 Å². The summed E-state index contributed by atoms with van der Waals surface area (Å²) in [6.45, 7) is 6.22. The first-order chi connectivity index (χ1) is 6.77. The van der Waals surface area contributed by atoms with Gasteiger partial charge in [0, 0.05) is 17.0 Å². The van der Waals surface area contributed by atoms with Gasteiger partial charge in [0.1, 0.15) is 0 Å². The first-order valence-corrected chi connectivity index (χ1v) is 6.02. The fourth-order valence-electron chi connectivity index (χ4n) is 1.81. The molecule has 2 nitrogen and oxygen atoms in total. The van der Waals surface area contributed by atoms with Gasteiger partial charge in [-0.25, -0.2) is 0 Å². The van der Waals surface area contributed by atoms with Crippen LogP contribution in [0.25, 0.3) is 0 Å². The van der Waals surface area contributed by atoms with Crippen LogP contribution in [0.2, 0.25) is 0 Å². The predicted molar refractivity (Wildman–Crippen MR) is 59.6 cm³/mol. The Balaban J connectivity index is 1.91. The summed E-state index contributed by atoms with van der Waals surface area (Å²) in [6, 6.07) is 5.26. The number of nitrogens with one attached hydrogen (secondary N) is 1. The molecule has 1 fully saturated rings. The molecule has 0 amide bonds. The SMILES string of the molecule is CC1COCC1N[C@@H](C)c1cccs1. The Hall–Kier alpha value is -0.380. The summed E-state index contributed by atoms with van der Waals surface area (Å²) in [4.78, 5) is 1.41. The fraction of sp³-hybridized carbons (Fsp3) is 0.636. The monoisotopic (exact) mass is 211 g/mol.